The first-order chi connectivity index (χ1) is 10.3. The van der Waals surface area contributed by atoms with E-state index in [2.05, 4.69) is 41.1 Å². The molecule has 1 aromatic carbocycles. The van der Waals surface area contributed by atoms with Crippen LogP contribution in [0.25, 0.3) is 6.08 Å². The van der Waals surface area contributed by atoms with Gasteiger partial charge in [0.25, 0.3) is 0 Å². The summed E-state index contributed by atoms with van der Waals surface area (Å²) < 4.78 is 0. The minimum atomic E-state index is -0.0912. The molecule has 0 unspecified atom stereocenters. The average Bonchev–Trinajstić information content (AvgIpc) is 2.80. The molecule has 1 aliphatic heterocycles. The third-order valence-corrected chi connectivity index (χ3v) is 3.71. The molecule has 1 fully saturated rings. The highest BCUT2D eigenvalue weighted by atomic mass is 16.1. The third kappa shape index (κ3) is 5.10. The maximum atomic E-state index is 11.5. The van der Waals surface area contributed by atoms with Gasteiger partial charge < -0.3 is 10.2 Å². The standard InChI is InChI=1S/C18H24N2O/c1-2-13-19-18(21)12-9-16-7-10-17(11-8-16)20-14-5-3-4-6-15-20/h2,7-12H,1,3-6,13-15H2,(H,19,21)/b12-9+. The predicted molar refractivity (Wildman–Crippen MR) is 89.4 cm³/mol. The fraction of sp³-hybridized carbons (Fsp3) is 0.389. The molecule has 1 aliphatic rings. The highest BCUT2D eigenvalue weighted by Gasteiger charge is 2.09. The number of hydrogen-bond donors (Lipinski definition) is 1. The van der Waals surface area contributed by atoms with Crippen molar-refractivity contribution >= 4 is 17.7 Å². The zero-order valence-electron chi connectivity index (χ0n) is 12.6. The van der Waals surface area contributed by atoms with Gasteiger partial charge in [0.05, 0.1) is 0 Å². The zero-order chi connectivity index (χ0) is 14.9. The van der Waals surface area contributed by atoms with E-state index in [4.69, 9.17) is 0 Å². The molecule has 0 aliphatic carbocycles. The van der Waals surface area contributed by atoms with Crippen molar-refractivity contribution in [1.29, 1.82) is 0 Å². The first-order valence-electron chi connectivity index (χ1n) is 7.71. The maximum Gasteiger partial charge on any atom is 0.244 e. The van der Waals surface area contributed by atoms with Crippen LogP contribution in [0.15, 0.2) is 43.0 Å². The smallest absolute Gasteiger partial charge is 0.244 e. The van der Waals surface area contributed by atoms with Crippen molar-refractivity contribution in [3.63, 3.8) is 0 Å². The van der Waals surface area contributed by atoms with Gasteiger partial charge in [-0.2, -0.15) is 0 Å². The molecular formula is C18H24N2O. The Kier molecular flexibility index (Phi) is 6.07. The summed E-state index contributed by atoms with van der Waals surface area (Å²) in [5, 5.41) is 2.72. The summed E-state index contributed by atoms with van der Waals surface area (Å²) in [6.07, 6.45) is 10.3. The molecule has 0 saturated carbocycles. The fourth-order valence-electron chi connectivity index (χ4n) is 2.53. The van der Waals surface area contributed by atoms with Crippen LogP contribution in [0.3, 0.4) is 0 Å². The molecule has 112 valence electrons. The average molecular weight is 284 g/mol. The van der Waals surface area contributed by atoms with Crippen LogP contribution in [0.4, 0.5) is 5.69 Å². The van der Waals surface area contributed by atoms with Gasteiger partial charge in [-0.15, -0.1) is 6.58 Å². The second kappa shape index (κ2) is 8.30. The van der Waals surface area contributed by atoms with Gasteiger partial charge >= 0.3 is 0 Å². The van der Waals surface area contributed by atoms with E-state index in [9.17, 15) is 4.79 Å². The predicted octanol–water partition coefficient (Wildman–Crippen LogP) is 3.38. The van der Waals surface area contributed by atoms with Crippen molar-refractivity contribution in [2.24, 2.45) is 0 Å². The molecule has 0 radical (unpaired) electrons. The van der Waals surface area contributed by atoms with Crippen molar-refractivity contribution in [3.8, 4) is 0 Å². The first-order valence-corrected chi connectivity index (χ1v) is 7.71. The molecule has 0 bridgehead atoms. The van der Waals surface area contributed by atoms with Crippen LogP contribution in [0.5, 0.6) is 0 Å². The lowest BCUT2D eigenvalue weighted by Crippen LogP contribution is -2.23. The number of carbonyl (C=O) groups is 1. The van der Waals surface area contributed by atoms with Crippen molar-refractivity contribution in [2.45, 2.75) is 25.7 Å². The van der Waals surface area contributed by atoms with E-state index >= 15 is 0 Å². The second-order valence-electron chi connectivity index (χ2n) is 5.36. The number of anilines is 1. The summed E-state index contributed by atoms with van der Waals surface area (Å²) in [4.78, 5) is 13.9. The Morgan fingerprint density at radius 3 is 2.43 bits per heavy atom. The minimum absolute atomic E-state index is 0.0912. The van der Waals surface area contributed by atoms with Gasteiger partial charge in [-0.25, -0.2) is 0 Å². The van der Waals surface area contributed by atoms with Crippen LogP contribution in [0, 0.1) is 0 Å². The van der Waals surface area contributed by atoms with Gasteiger partial charge in [0.2, 0.25) is 5.91 Å². The maximum absolute atomic E-state index is 11.5. The summed E-state index contributed by atoms with van der Waals surface area (Å²) in [6, 6.07) is 8.42. The van der Waals surface area contributed by atoms with Gasteiger partial charge in [-0.3, -0.25) is 4.79 Å². The Labute approximate surface area is 127 Å². The number of amides is 1. The summed E-state index contributed by atoms with van der Waals surface area (Å²) in [5.74, 6) is -0.0912. The van der Waals surface area contributed by atoms with Gasteiger partial charge in [-0.05, 0) is 36.6 Å². The van der Waals surface area contributed by atoms with Crippen molar-refractivity contribution in [2.75, 3.05) is 24.5 Å². The summed E-state index contributed by atoms with van der Waals surface area (Å²) in [6.45, 7) is 6.37. The van der Waals surface area contributed by atoms with Crippen molar-refractivity contribution in [3.05, 3.63) is 48.6 Å². The highest BCUT2D eigenvalue weighted by Crippen LogP contribution is 2.20. The van der Waals surface area contributed by atoms with Gasteiger partial charge in [-0.1, -0.05) is 31.1 Å². The topological polar surface area (TPSA) is 32.3 Å². The molecule has 1 heterocycles. The largest absolute Gasteiger partial charge is 0.372 e. The van der Waals surface area contributed by atoms with Gasteiger partial charge in [0.1, 0.15) is 0 Å². The number of nitrogens with zero attached hydrogens (tertiary/aromatic N) is 1. The Balaban J connectivity index is 1.93. The first kappa shape index (κ1) is 15.4. The minimum Gasteiger partial charge on any atom is -0.372 e. The number of benzene rings is 1. The lowest BCUT2D eigenvalue weighted by molar-refractivity contribution is -0.116. The third-order valence-electron chi connectivity index (χ3n) is 3.71. The number of hydrogen-bond acceptors (Lipinski definition) is 2. The summed E-state index contributed by atoms with van der Waals surface area (Å²) in [7, 11) is 0. The molecule has 1 N–H and O–H groups in total. The summed E-state index contributed by atoms with van der Waals surface area (Å²) in [5.41, 5.74) is 2.33. The molecular weight excluding hydrogens is 260 g/mol. The monoisotopic (exact) mass is 284 g/mol. The Morgan fingerprint density at radius 1 is 1.14 bits per heavy atom. The summed E-state index contributed by atoms with van der Waals surface area (Å²) >= 11 is 0. The molecule has 21 heavy (non-hydrogen) atoms. The lowest BCUT2D eigenvalue weighted by Gasteiger charge is -2.22. The molecule has 1 saturated heterocycles. The van der Waals surface area contributed by atoms with E-state index in [1.165, 1.54) is 31.4 Å². The Morgan fingerprint density at radius 2 is 1.81 bits per heavy atom. The van der Waals surface area contributed by atoms with Crippen molar-refractivity contribution < 1.29 is 4.79 Å². The Hall–Kier alpha value is -2.03. The van der Waals surface area contributed by atoms with Gasteiger partial charge in [0, 0.05) is 31.4 Å². The number of nitrogens with one attached hydrogen (secondary N) is 1. The van der Waals surface area contributed by atoms with Crippen molar-refractivity contribution in [1.82, 2.24) is 5.32 Å². The molecule has 1 aromatic rings. The van der Waals surface area contributed by atoms with E-state index in [-0.39, 0.29) is 5.91 Å². The van der Waals surface area contributed by atoms with Crippen LogP contribution >= 0.6 is 0 Å². The van der Waals surface area contributed by atoms with Crippen LogP contribution < -0.4 is 10.2 Å². The molecule has 1 amide bonds. The van der Waals surface area contributed by atoms with Crippen LogP contribution in [-0.2, 0) is 4.79 Å². The zero-order valence-corrected chi connectivity index (χ0v) is 12.6. The number of carbonyl (C=O) groups excluding carboxylic acids is 1. The molecule has 2 rings (SSSR count). The molecule has 0 atom stereocenters. The highest BCUT2D eigenvalue weighted by molar-refractivity contribution is 5.91. The van der Waals surface area contributed by atoms with Crippen LogP contribution in [0.1, 0.15) is 31.2 Å². The van der Waals surface area contributed by atoms with E-state index in [1.54, 1.807) is 12.2 Å². The normalized spacial score (nSPS) is 15.7. The molecule has 3 nitrogen and oxygen atoms in total. The quantitative estimate of drug-likeness (QED) is 0.664. The van der Waals surface area contributed by atoms with E-state index in [0.29, 0.717) is 6.54 Å². The van der Waals surface area contributed by atoms with Crippen LogP contribution in [-0.4, -0.2) is 25.5 Å². The second-order valence-corrected chi connectivity index (χ2v) is 5.36. The Bertz CT molecular complexity index is 482. The molecule has 0 aromatic heterocycles. The van der Waals surface area contributed by atoms with E-state index in [0.717, 1.165) is 18.7 Å². The van der Waals surface area contributed by atoms with E-state index < -0.39 is 0 Å². The number of rotatable bonds is 5. The molecule has 3 heteroatoms. The van der Waals surface area contributed by atoms with E-state index in [1.807, 2.05) is 6.08 Å². The SMILES string of the molecule is C=CCNC(=O)/C=C/c1ccc(N2CCCCCC2)cc1. The lowest BCUT2D eigenvalue weighted by atomic mass is 10.1. The fourth-order valence-corrected chi connectivity index (χ4v) is 2.53. The molecule has 0 spiro atoms. The van der Waals surface area contributed by atoms with Gasteiger partial charge in [0.15, 0.2) is 0 Å². The van der Waals surface area contributed by atoms with Crippen LogP contribution in [0.2, 0.25) is 0 Å².